The van der Waals surface area contributed by atoms with Gasteiger partial charge in [0, 0.05) is 51.0 Å². The van der Waals surface area contributed by atoms with Crippen molar-refractivity contribution in [1.29, 1.82) is 0 Å². The number of anilines is 3. The largest absolute Gasteiger partial charge is 0.421 e. The Morgan fingerprint density at radius 2 is 2.00 bits per heavy atom. The second-order valence-corrected chi connectivity index (χ2v) is 8.31. The van der Waals surface area contributed by atoms with Gasteiger partial charge in [-0.3, -0.25) is 4.79 Å². The molecule has 0 atom stereocenters. The Balaban J connectivity index is 1.45. The molecule has 0 radical (unpaired) electrons. The van der Waals surface area contributed by atoms with Crippen molar-refractivity contribution in [3.05, 3.63) is 41.1 Å². The number of halogens is 3. The van der Waals surface area contributed by atoms with Gasteiger partial charge in [0.05, 0.1) is 0 Å². The summed E-state index contributed by atoms with van der Waals surface area (Å²) in [6, 6.07) is 5.92. The first-order valence-electron chi connectivity index (χ1n) is 10.8. The zero-order chi connectivity index (χ0) is 22.7. The summed E-state index contributed by atoms with van der Waals surface area (Å²) < 4.78 is 40.3. The first-order valence-corrected chi connectivity index (χ1v) is 10.8. The van der Waals surface area contributed by atoms with Crippen LogP contribution in [0.15, 0.2) is 24.4 Å². The van der Waals surface area contributed by atoms with E-state index < -0.39 is 11.7 Å². The second-order valence-electron chi connectivity index (χ2n) is 8.31. The number of aromatic nitrogens is 2. The Morgan fingerprint density at radius 1 is 1.16 bits per heavy atom. The number of nitrogens with zero attached hydrogens (tertiary/aromatic N) is 4. The molecule has 10 heteroatoms. The third kappa shape index (κ3) is 5.29. The van der Waals surface area contributed by atoms with Gasteiger partial charge in [0.15, 0.2) is 0 Å². The van der Waals surface area contributed by atoms with E-state index in [4.69, 9.17) is 0 Å². The molecule has 1 fully saturated rings. The smallest absolute Gasteiger partial charge is 0.369 e. The summed E-state index contributed by atoms with van der Waals surface area (Å²) in [7, 11) is 2.06. The minimum atomic E-state index is -4.57. The van der Waals surface area contributed by atoms with Gasteiger partial charge >= 0.3 is 6.18 Å². The molecule has 0 bridgehead atoms. The summed E-state index contributed by atoms with van der Waals surface area (Å²) >= 11 is 0. The highest BCUT2D eigenvalue weighted by Gasteiger charge is 2.35. The lowest BCUT2D eigenvalue weighted by Crippen LogP contribution is -2.27. The van der Waals surface area contributed by atoms with Crippen molar-refractivity contribution >= 4 is 23.4 Å². The van der Waals surface area contributed by atoms with Crippen LogP contribution in [0.25, 0.3) is 0 Å². The van der Waals surface area contributed by atoms with Crippen molar-refractivity contribution in [2.45, 2.75) is 38.4 Å². The quantitative estimate of drug-likeness (QED) is 0.630. The fourth-order valence-corrected chi connectivity index (χ4v) is 4.11. The molecule has 2 aromatic rings. The number of hydrogen-bond acceptors (Lipinski definition) is 6. The number of likely N-dealkylation sites (N-methyl/N-ethyl adjacent to an activating group) is 1. The molecule has 1 aromatic carbocycles. The van der Waals surface area contributed by atoms with Gasteiger partial charge in [-0.25, -0.2) is 4.98 Å². The van der Waals surface area contributed by atoms with E-state index in [0.717, 1.165) is 37.8 Å². The Hall–Kier alpha value is -2.88. The minimum Gasteiger partial charge on any atom is -0.369 e. The van der Waals surface area contributed by atoms with Gasteiger partial charge in [0.25, 0.3) is 0 Å². The van der Waals surface area contributed by atoms with Crippen LogP contribution in [0.1, 0.15) is 36.0 Å². The van der Waals surface area contributed by atoms with Crippen molar-refractivity contribution in [3.63, 3.8) is 0 Å². The molecule has 172 valence electrons. The zero-order valence-electron chi connectivity index (χ0n) is 18.0. The van der Waals surface area contributed by atoms with Crippen LogP contribution < -0.4 is 10.6 Å². The van der Waals surface area contributed by atoms with E-state index in [2.05, 4.69) is 32.5 Å². The highest BCUT2D eigenvalue weighted by molar-refractivity contribution is 5.78. The summed E-state index contributed by atoms with van der Waals surface area (Å²) in [5.74, 6) is -0.0643. The average Bonchev–Trinajstić information content (AvgIpc) is 3.15. The Labute approximate surface area is 185 Å². The van der Waals surface area contributed by atoms with Gasteiger partial charge < -0.3 is 20.4 Å². The molecule has 4 rings (SSSR count). The van der Waals surface area contributed by atoms with E-state index in [1.807, 2.05) is 18.2 Å². The number of likely N-dealkylation sites (tertiary alicyclic amines) is 1. The Kier molecular flexibility index (Phi) is 6.50. The molecule has 0 spiro atoms. The van der Waals surface area contributed by atoms with Crippen molar-refractivity contribution in [2.24, 2.45) is 0 Å². The maximum Gasteiger partial charge on any atom is 0.421 e. The Bertz CT molecular complexity index is 981. The topological polar surface area (TPSA) is 73.4 Å². The molecular formula is C22H27F3N6O. The summed E-state index contributed by atoms with van der Waals surface area (Å²) in [5.41, 5.74) is 2.29. The van der Waals surface area contributed by atoms with Crippen molar-refractivity contribution in [1.82, 2.24) is 19.8 Å². The van der Waals surface area contributed by atoms with Crippen molar-refractivity contribution in [3.8, 4) is 0 Å². The number of alkyl halides is 3. The highest BCUT2D eigenvalue weighted by atomic mass is 19.4. The fraction of sp³-hybridized carbons (Fsp3) is 0.500. The van der Waals surface area contributed by atoms with Crippen LogP contribution in [0.4, 0.5) is 30.6 Å². The Morgan fingerprint density at radius 3 is 2.75 bits per heavy atom. The number of rotatable bonds is 7. The average molecular weight is 448 g/mol. The van der Waals surface area contributed by atoms with Crippen LogP contribution in [0.3, 0.4) is 0 Å². The number of benzene rings is 1. The van der Waals surface area contributed by atoms with Crippen LogP contribution in [0.5, 0.6) is 0 Å². The van der Waals surface area contributed by atoms with Gasteiger partial charge in [-0.1, -0.05) is 6.07 Å². The fourth-order valence-electron chi connectivity index (χ4n) is 4.11. The van der Waals surface area contributed by atoms with Gasteiger partial charge in [0.2, 0.25) is 11.9 Å². The van der Waals surface area contributed by atoms with Crippen molar-refractivity contribution < 1.29 is 18.0 Å². The SMILES string of the molecule is CN1CCc2ccc(Nc3ncc(C(F)(F)F)c(NCCCN4CCCC4=O)n3)cc2C1. The van der Waals surface area contributed by atoms with Gasteiger partial charge in [-0.15, -0.1) is 0 Å². The highest BCUT2D eigenvalue weighted by Crippen LogP contribution is 2.34. The van der Waals surface area contributed by atoms with Crippen LogP contribution in [-0.2, 0) is 23.9 Å². The summed E-state index contributed by atoms with van der Waals surface area (Å²) in [6.45, 7) is 3.33. The number of carbonyl (C=O) groups excluding carboxylic acids is 1. The predicted octanol–water partition coefficient (Wildman–Crippen LogP) is 3.65. The number of hydrogen-bond donors (Lipinski definition) is 2. The third-order valence-electron chi connectivity index (χ3n) is 5.83. The van der Waals surface area contributed by atoms with E-state index in [9.17, 15) is 18.0 Å². The van der Waals surface area contributed by atoms with Crippen LogP contribution in [-0.4, -0.2) is 58.9 Å². The molecule has 2 N–H and O–H groups in total. The summed E-state index contributed by atoms with van der Waals surface area (Å²) in [6.07, 6.45) is -0.875. The molecule has 2 aliphatic heterocycles. The van der Waals surface area contributed by atoms with Crippen LogP contribution in [0, 0.1) is 0 Å². The first kappa shape index (κ1) is 22.3. The molecule has 0 saturated carbocycles. The lowest BCUT2D eigenvalue weighted by atomic mass is 9.99. The standard InChI is InChI=1S/C22H27F3N6O/c1-30-11-7-15-5-6-17(12-16(15)14-30)28-21-27-13-18(22(23,24)25)20(29-21)26-8-3-10-31-9-2-4-19(31)32/h5-6,12-13H,2-4,7-11,14H2,1H3,(H2,26,27,28,29). The molecule has 7 nitrogen and oxygen atoms in total. The van der Waals surface area contributed by atoms with E-state index >= 15 is 0 Å². The number of amides is 1. The minimum absolute atomic E-state index is 0.0966. The lowest BCUT2D eigenvalue weighted by molar-refractivity contribution is -0.137. The molecule has 32 heavy (non-hydrogen) atoms. The maximum atomic E-state index is 13.4. The zero-order valence-corrected chi connectivity index (χ0v) is 18.0. The van der Waals surface area contributed by atoms with Gasteiger partial charge in [-0.2, -0.15) is 18.2 Å². The molecule has 1 saturated heterocycles. The third-order valence-corrected chi connectivity index (χ3v) is 5.83. The molecule has 2 aliphatic rings. The first-order chi connectivity index (χ1) is 15.3. The summed E-state index contributed by atoms with van der Waals surface area (Å²) in [5, 5.41) is 5.81. The number of fused-ring (bicyclic) bond motifs is 1. The van der Waals surface area contributed by atoms with E-state index in [1.165, 1.54) is 11.1 Å². The number of nitrogens with one attached hydrogen (secondary N) is 2. The van der Waals surface area contributed by atoms with E-state index in [0.29, 0.717) is 25.9 Å². The molecule has 0 unspecified atom stereocenters. The van der Waals surface area contributed by atoms with Crippen molar-refractivity contribution in [2.75, 3.05) is 43.9 Å². The monoisotopic (exact) mass is 448 g/mol. The van der Waals surface area contributed by atoms with E-state index in [1.54, 1.807) is 4.90 Å². The molecule has 3 heterocycles. The van der Waals surface area contributed by atoms with Gasteiger partial charge in [0.1, 0.15) is 11.4 Å². The number of carbonyl (C=O) groups is 1. The molecule has 1 aromatic heterocycles. The summed E-state index contributed by atoms with van der Waals surface area (Å²) in [4.78, 5) is 23.6. The molecule has 1 amide bonds. The molecule has 0 aliphatic carbocycles. The normalized spacial score (nSPS) is 16.9. The van der Waals surface area contributed by atoms with Crippen LogP contribution in [0.2, 0.25) is 0 Å². The predicted molar refractivity (Wildman–Crippen MR) is 116 cm³/mol. The van der Waals surface area contributed by atoms with Gasteiger partial charge in [-0.05, 0) is 49.6 Å². The second kappa shape index (κ2) is 9.32. The van der Waals surface area contributed by atoms with Crippen LogP contribution >= 0.6 is 0 Å². The lowest BCUT2D eigenvalue weighted by Gasteiger charge is -2.25. The van der Waals surface area contributed by atoms with E-state index in [-0.39, 0.29) is 24.2 Å². The molecular weight excluding hydrogens is 421 g/mol. The maximum absolute atomic E-state index is 13.4.